The van der Waals surface area contributed by atoms with Crippen LogP contribution in [0.1, 0.15) is 46.0 Å². The van der Waals surface area contributed by atoms with E-state index in [0.717, 1.165) is 19.3 Å². The van der Waals surface area contributed by atoms with Gasteiger partial charge in [0.15, 0.2) is 0 Å². The molecule has 1 saturated carbocycles. The van der Waals surface area contributed by atoms with E-state index in [1.807, 2.05) is 0 Å². The molecule has 0 heterocycles. The van der Waals surface area contributed by atoms with Crippen molar-refractivity contribution in [1.29, 1.82) is 0 Å². The number of halogens is 1. The number of carbonyl (C=O) groups excluding carboxylic acids is 2. The van der Waals surface area contributed by atoms with Crippen LogP contribution in [0.3, 0.4) is 0 Å². The van der Waals surface area contributed by atoms with Crippen molar-refractivity contribution in [1.82, 2.24) is 5.32 Å². The van der Waals surface area contributed by atoms with E-state index in [1.54, 1.807) is 13.8 Å². The number of hydrogen-bond acceptors (Lipinski definition) is 4. The number of amides is 1. The minimum Gasteiger partial charge on any atom is -0.467 e. The Labute approximate surface area is 121 Å². The monoisotopic (exact) mass is 292 g/mol. The van der Waals surface area contributed by atoms with Crippen LogP contribution in [0.2, 0.25) is 0 Å². The molecule has 0 radical (unpaired) electrons. The van der Waals surface area contributed by atoms with E-state index >= 15 is 0 Å². The quantitative estimate of drug-likeness (QED) is 0.767. The molecule has 2 atom stereocenters. The van der Waals surface area contributed by atoms with Crippen LogP contribution in [0.25, 0.3) is 0 Å². The summed E-state index contributed by atoms with van der Waals surface area (Å²) in [6.45, 7) is 3.56. The lowest BCUT2D eigenvalue weighted by atomic mass is 9.81. The maximum absolute atomic E-state index is 12.1. The van der Waals surface area contributed by atoms with E-state index < -0.39 is 5.54 Å². The van der Waals surface area contributed by atoms with E-state index in [9.17, 15) is 9.59 Å². The minimum atomic E-state index is -0.840. The first kappa shape index (κ1) is 18.2. The Morgan fingerprint density at radius 2 is 1.74 bits per heavy atom. The topological polar surface area (TPSA) is 81.4 Å². The molecule has 1 aliphatic carbocycles. The average Bonchev–Trinajstić information content (AvgIpc) is 2.37. The van der Waals surface area contributed by atoms with Crippen LogP contribution in [0.5, 0.6) is 0 Å². The van der Waals surface area contributed by atoms with Gasteiger partial charge in [-0.25, -0.2) is 4.79 Å². The van der Waals surface area contributed by atoms with Gasteiger partial charge in [0, 0.05) is 12.0 Å². The Kier molecular flexibility index (Phi) is 7.37. The van der Waals surface area contributed by atoms with Gasteiger partial charge in [0.05, 0.1) is 7.11 Å². The molecule has 1 rings (SSSR count). The van der Waals surface area contributed by atoms with Crippen LogP contribution in [0.4, 0.5) is 0 Å². The normalized spacial score (nSPS) is 20.6. The standard InChI is InChI=1S/C13H24N2O3.ClH/c1-9(10(2)14)11(16)15-13(12(17)18-3)7-5-4-6-8-13;/h9-10H,4-8,14H2,1-3H3,(H,15,16);1H. The lowest BCUT2D eigenvalue weighted by Crippen LogP contribution is -2.58. The Morgan fingerprint density at radius 3 is 2.16 bits per heavy atom. The Hall–Kier alpha value is -0.810. The number of methoxy groups -OCH3 is 1. The van der Waals surface area contributed by atoms with Gasteiger partial charge >= 0.3 is 5.97 Å². The Bertz CT molecular complexity index is 315. The summed E-state index contributed by atoms with van der Waals surface area (Å²) in [5.74, 6) is -0.821. The van der Waals surface area contributed by atoms with Crippen molar-refractivity contribution in [2.24, 2.45) is 11.7 Å². The molecule has 0 spiro atoms. The second kappa shape index (κ2) is 7.70. The van der Waals surface area contributed by atoms with Gasteiger partial charge in [-0.1, -0.05) is 26.2 Å². The van der Waals surface area contributed by atoms with Gasteiger partial charge in [0.2, 0.25) is 5.91 Å². The smallest absolute Gasteiger partial charge is 0.331 e. The molecule has 1 fully saturated rings. The van der Waals surface area contributed by atoms with Crippen molar-refractivity contribution in [2.75, 3.05) is 7.11 Å². The van der Waals surface area contributed by atoms with Gasteiger partial charge in [-0.15, -0.1) is 12.4 Å². The summed E-state index contributed by atoms with van der Waals surface area (Å²) in [4.78, 5) is 24.0. The molecule has 0 saturated heterocycles. The molecule has 2 unspecified atom stereocenters. The highest BCUT2D eigenvalue weighted by molar-refractivity contribution is 5.89. The SMILES string of the molecule is COC(=O)C1(NC(=O)C(C)C(C)N)CCCCC1.Cl. The largest absolute Gasteiger partial charge is 0.467 e. The first-order valence-electron chi connectivity index (χ1n) is 6.59. The van der Waals surface area contributed by atoms with Crippen molar-refractivity contribution in [3.8, 4) is 0 Å². The average molecular weight is 293 g/mol. The highest BCUT2D eigenvalue weighted by atomic mass is 35.5. The summed E-state index contributed by atoms with van der Waals surface area (Å²) < 4.78 is 4.85. The third kappa shape index (κ3) is 4.35. The van der Waals surface area contributed by atoms with Gasteiger partial charge in [-0.2, -0.15) is 0 Å². The van der Waals surface area contributed by atoms with Crippen molar-refractivity contribution in [3.63, 3.8) is 0 Å². The molecule has 0 aromatic carbocycles. The number of esters is 1. The van der Waals surface area contributed by atoms with Crippen molar-refractivity contribution >= 4 is 24.3 Å². The summed E-state index contributed by atoms with van der Waals surface area (Å²) in [6.07, 6.45) is 4.26. The fourth-order valence-electron chi connectivity index (χ4n) is 2.32. The summed E-state index contributed by atoms with van der Waals surface area (Å²) in [6, 6.07) is -0.233. The van der Waals surface area contributed by atoms with E-state index in [4.69, 9.17) is 10.5 Å². The number of carbonyl (C=O) groups is 2. The van der Waals surface area contributed by atoms with E-state index in [2.05, 4.69) is 5.32 Å². The van der Waals surface area contributed by atoms with Crippen LogP contribution >= 0.6 is 12.4 Å². The summed E-state index contributed by atoms with van der Waals surface area (Å²) in [7, 11) is 1.36. The lowest BCUT2D eigenvalue weighted by Gasteiger charge is -2.36. The molecule has 0 aromatic rings. The summed E-state index contributed by atoms with van der Waals surface area (Å²) >= 11 is 0. The van der Waals surface area contributed by atoms with Crippen LogP contribution in [0, 0.1) is 5.92 Å². The molecule has 0 aromatic heterocycles. The third-order valence-corrected chi connectivity index (χ3v) is 3.85. The van der Waals surface area contributed by atoms with E-state index in [0.29, 0.717) is 12.8 Å². The number of ether oxygens (including phenoxy) is 1. The summed E-state index contributed by atoms with van der Waals surface area (Å²) in [5.41, 5.74) is 4.88. The van der Waals surface area contributed by atoms with Gasteiger partial charge in [-0.05, 0) is 19.8 Å². The molecule has 19 heavy (non-hydrogen) atoms. The second-order valence-electron chi connectivity index (χ2n) is 5.27. The molecule has 5 nitrogen and oxygen atoms in total. The van der Waals surface area contributed by atoms with E-state index in [-0.39, 0.29) is 36.2 Å². The number of nitrogens with two attached hydrogens (primary N) is 1. The number of nitrogens with one attached hydrogen (secondary N) is 1. The zero-order chi connectivity index (χ0) is 13.8. The first-order valence-corrected chi connectivity index (χ1v) is 6.59. The lowest BCUT2D eigenvalue weighted by molar-refractivity contribution is -0.153. The van der Waals surface area contributed by atoms with Crippen molar-refractivity contribution < 1.29 is 14.3 Å². The van der Waals surface area contributed by atoms with Gasteiger partial charge < -0.3 is 15.8 Å². The first-order chi connectivity index (χ1) is 8.43. The highest BCUT2D eigenvalue weighted by Crippen LogP contribution is 2.29. The zero-order valence-electron chi connectivity index (χ0n) is 11.9. The molecule has 112 valence electrons. The second-order valence-corrected chi connectivity index (χ2v) is 5.27. The maximum Gasteiger partial charge on any atom is 0.331 e. The predicted molar refractivity (Wildman–Crippen MR) is 76.0 cm³/mol. The molecular weight excluding hydrogens is 268 g/mol. The minimum absolute atomic E-state index is 0. The zero-order valence-corrected chi connectivity index (χ0v) is 12.7. The summed E-state index contributed by atoms with van der Waals surface area (Å²) in [5, 5.41) is 2.87. The van der Waals surface area contributed by atoms with Crippen LogP contribution in [0.15, 0.2) is 0 Å². The van der Waals surface area contributed by atoms with Gasteiger partial charge in [0.25, 0.3) is 0 Å². The molecule has 6 heteroatoms. The van der Waals surface area contributed by atoms with Crippen molar-refractivity contribution in [3.05, 3.63) is 0 Å². The van der Waals surface area contributed by atoms with Crippen LogP contribution in [-0.4, -0.2) is 30.6 Å². The molecule has 1 amide bonds. The van der Waals surface area contributed by atoms with Gasteiger partial charge in [0.1, 0.15) is 5.54 Å². The molecule has 0 aliphatic heterocycles. The molecule has 0 bridgehead atoms. The van der Waals surface area contributed by atoms with Crippen LogP contribution < -0.4 is 11.1 Å². The fraction of sp³-hybridized carbons (Fsp3) is 0.846. The maximum atomic E-state index is 12.1. The highest BCUT2D eigenvalue weighted by Gasteiger charge is 2.42. The van der Waals surface area contributed by atoms with E-state index in [1.165, 1.54) is 7.11 Å². The molecule has 1 aliphatic rings. The predicted octanol–water partition coefficient (Wildman–Crippen LogP) is 1.38. The Morgan fingerprint density at radius 1 is 1.21 bits per heavy atom. The van der Waals surface area contributed by atoms with Crippen molar-refractivity contribution in [2.45, 2.75) is 57.5 Å². The number of hydrogen-bond donors (Lipinski definition) is 2. The van der Waals surface area contributed by atoms with Gasteiger partial charge in [-0.3, -0.25) is 4.79 Å². The fourth-order valence-corrected chi connectivity index (χ4v) is 2.32. The molecule has 3 N–H and O–H groups in total. The molecular formula is C13H25ClN2O3. The number of rotatable bonds is 4. The van der Waals surface area contributed by atoms with Crippen LogP contribution in [-0.2, 0) is 14.3 Å². The Balaban J connectivity index is 0.00000324. The third-order valence-electron chi connectivity index (χ3n) is 3.85.